The lowest BCUT2D eigenvalue weighted by Gasteiger charge is -2.25. The molecule has 0 aliphatic carbocycles. The number of likely N-dealkylation sites (N-methyl/N-ethyl adjacent to an activating group) is 1. The van der Waals surface area contributed by atoms with E-state index in [1.54, 1.807) is 30.3 Å². The highest BCUT2D eigenvalue weighted by Crippen LogP contribution is 2.33. The summed E-state index contributed by atoms with van der Waals surface area (Å²) < 4.78 is 0. The van der Waals surface area contributed by atoms with Crippen LogP contribution in [0.3, 0.4) is 0 Å². The Balaban J connectivity index is 1.66. The summed E-state index contributed by atoms with van der Waals surface area (Å²) in [6.07, 6.45) is 2.10. The van der Waals surface area contributed by atoms with E-state index in [4.69, 9.17) is 0 Å². The molecule has 2 heterocycles. The van der Waals surface area contributed by atoms with Gasteiger partial charge >= 0.3 is 0 Å². The van der Waals surface area contributed by atoms with Crippen molar-refractivity contribution >= 4 is 28.1 Å². The minimum Gasteiger partial charge on any atom is -0.361 e. The van der Waals surface area contributed by atoms with Gasteiger partial charge in [0.05, 0.1) is 0 Å². The lowest BCUT2D eigenvalue weighted by Crippen LogP contribution is -2.38. The number of fused-ring (bicyclic) bond motifs is 1. The summed E-state index contributed by atoms with van der Waals surface area (Å²) in [5.41, 5.74) is 3.36. The van der Waals surface area contributed by atoms with E-state index in [1.807, 2.05) is 36.4 Å². The minimum absolute atomic E-state index is 0.0556. The predicted molar refractivity (Wildman–Crippen MR) is 120 cm³/mol. The number of rotatable bonds is 7. The maximum absolute atomic E-state index is 12.9. The first-order valence-corrected chi connectivity index (χ1v) is 10.6. The molecule has 4 rings (SSSR count). The number of aromatic nitrogens is 1. The second kappa shape index (κ2) is 8.64. The molecule has 2 aromatic carbocycles. The maximum atomic E-state index is 12.9. The Labute approximate surface area is 175 Å². The van der Waals surface area contributed by atoms with E-state index >= 15 is 0 Å². The fourth-order valence-electron chi connectivity index (χ4n) is 3.72. The van der Waals surface area contributed by atoms with Crippen molar-refractivity contribution in [1.82, 2.24) is 15.2 Å². The maximum Gasteiger partial charge on any atom is 0.243 e. The number of hydrogen-bond donors (Lipinski definition) is 2. The van der Waals surface area contributed by atoms with Crippen molar-refractivity contribution < 1.29 is 4.79 Å². The van der Waals surface area contributed by atoms with Gasteiger partial charge in [0.2, 0.25) is 5.91 Å². The molecule has 0 radical (unpaired) electrons. The molecule has 29 heavy (non-hydrogen) atoms. The average molecular weight is 404 g/mol. The van der Waals surface area contributed by atoms with Crippen LogP contribution in [0.1, 0.15) is 28.0 Å². The lowest BCUT2D eigenvalue weighted by molar-refractivity contribution is -0.131. The summed E-state index contributed by atoms with van der Waals surface area (Å²) in [5.74, 6) is 0.215. The quantitative estimate of drug-likeness (QED) is 0.466. The van der Waals surface area contributed by atoms with Crippen molar-refractivity contribution in [2.75, 3.05) is 20.6 Å². The number of H-pyrrole nitrogens is 1. The molecule has 5 heteroatoms. The van der Waals surface area contributed by atoms with E-state index in [1.165, 1.54) is 15.8 Å². The molecule has 0 aliphatic rings. The summed E-state index contributed by atoms with van der Waals surface area (Å²) >= 11 is 1.75. The highest BCUT2D eigenvalue weighted by atomic mass is 32.1. The Morgan fingerprint density at radius 3 is 2.52 bits per heavy atom. The van der Waals surface area contributed by atoms with Gasteiger partial charge in [-0.25, -0.2) is 0 Å². The molecule has 2 atom stereocenters. The minimum atomic E-state index is -0.376. The third-order valence-corrected chi connectivity index (χ3v) is 6.22. The Kier molecular flexibility index (Phi) is 5.79. The fraction of sp³-hybridized carbons (Fsp3) is 0.208. The lowest BCUT2D eigenvalue weighted by atomic mass is 9.95. The molecule has 1 amide bonds. The van der Waals surface area contributed by atoms with Crippen molar-refractivity contribution in [3.8, 4) is 0 Å². The largest absolute Gasteiger partial charge is 0.361 e. The van der Waals surface area contributed by atoms with E-state index in [-0.39, 0.29) is 17.9 Å². The number of nitrogens with one attached hydrogen (secondary N) is 2. The summed E-state index contributed by atoms with van der Waals surface area (Å²) in [5, 5.41) is 6.89. The molecule has 0 saturated carbocycles. The van der Waals surface area contributed by atoms with Crippen LogP contribution in [0.4, 0.5) is 0 Å². The number of carbonyl (C=O) groups excluding carboxylic acids is 1. The van der Waals surface area contributed by atoms with Crippen molar-refractivity contribution in [3.05, 3.63) is 94.3 Å². The van der Waals surface area contributed by atoms with Crippen molar-refractivity contribution in [2.45, 2.75) is 12.0 Å². The summed E-state index contributed by atoms with van der Waals surface area (Å²) in [4.78, 5) is 19.2. The first-order valence-electron chi connectivity index (χ1n) is 9.74. The molecule has 0 saturated heterocycles. The topological polar surface area (TPSA) is 48.1 Å². The number of carbonyl (C=O) groups is 1. The SMILES string of the molecule is CN(C)C(=O)[C@@H](NC[C@H](c1cccs1)c1c[nH]c2ccccc12)c1ccccc1. The number of para-hydroxylation sites is 1. The number of thiophene rings is 1. The number of benzene rings is 2. The molecule has 4 nitrogen and oxygen atoms in total. The van der Waals surface area contributed by atoms with Crippen molar-refractivity contribution in [1.29, 1.82) is 0 Å². The van der Waals surface area contributed by atoms with Gasteiger partial charge in [0, 0.05) is 48.5 Å². The highest BCUT2D eigenvalue weighted by Gasteiger charge is 2.25. The van der Waals surface area contributed by atoms with E-state index in [2.05, 4.69) is 52.2 Å². The van der Waals surface area contributed by atoms with Crippen LogP contribution in [0.2, 0.25) is 0 Å². The van der Waals surface area contributed by atoms with Gasteiger partial charge in [0.25, 0.3) is 0 Å². The number of amides is 1. The van der Waals surface area contributed by atoms with E-state index in [0.29, 0.717) is 6.54 Å². The smallest absolute Gasteiger partial charge is 0.243 e. The zero-order valence-electron chi connectivity index (χ0n) is 16.6. The van der Waals surface area contributed by atoms with Crippen molar-refractivity contribution in [2.24, 2.45) is 0 Å². The van der Waals surface area contributed by atoms with Crippen LogP contribution in [0, 0.1) is 0 Å². The molecular formula is C24H25N3OS. The normalized spacial score (nSPS) is 13.3. The molecule has 2 aromatic heterocycles. The van der Waals surface area contributed by atoms with Gasteiger partial charge in [0.1, 0.15) is 6.04 Å². The molecule has 4 aromatic rings. The van der Waals surface area contributed by atoms with E-state index < -0.39 is 0 Å². The fourth-order valence-corrected chi connectivity index (χ4v) is 4.57. The third-order valence-electron chi connectivity index (χ3n) is 5.23. The monoisotopic (exact) mass is 403 g/mol. The molecule has 0 bridgehead atoms. The first kappa shape index (κ1) is 19.4. The third kappa shape index (κ3) is 4.11. The zero-order chi connectivity index (χ0) is 20.2. The van der Waals surface area contributed by atoms with Gasteiger partial charge in [-0.05, 0) is 28.6 Å². The van der Waals surface area contributed by atoms with Gasteiger partial charge in [0.15, 0.2) is 0 Å². The van der Waals surface area contributed by atoms with Crippen LogP contribution in [-0.2, 0) is 4.79 Å². The van der Waals surface area contributed by atoms with Gasteiger partial charge in [-0.15, -0.1) is 11.3 Å². The van der Waals surface area contributed by atoms with Crippen LogP contribution >= 0.6 is 11.3 Å². The molecular weight excluding hydrogens is 378 g/mol. The van der Waals surface area contributed by atoms with Crippen molar-refractivity contribution in [3.63, 3.8) is 0 Å². The van der Waals surface area contributed by atoms with E-state index in [9.17, 15) is 4.79 Å². The summed E-state index contributed by atoms with van der Waals surface area (Å²) in [6, 6.07) is 22.2. The van der Waals surface area contributed by atoms with Crippen LogP contribution in [-0.4, -0.2) is 36.4 Å². The Bertz CT molecular complexity index is 1070. The average Bonchev–Trinajstić information content (AvgIpc) is 3.42. The van der Waals surface area contributed by atoms with Crippen LogP contribution < -0.4 is 5.32 Å². The summed E-state index contributed by atoms with van der Waals surface area (Å²) in [6.45, 7) is 0.668. The molecule has 0 aliphatic heterocycles. The molecule has 148 valence electrons. The highest BCUT2D eigenvalue weighted by molar-refractivity contribution is 7.10. The second-order valence-corrected chi connectivity index (χ2v) is 8.32. The molecule has 0 fully saturated rings. The standard InChI is InChI=1S/C24H25N3OS/c1-27(2)24(28)23(17-9-4-3-5-10-17)26-16-20(22-13-8-14-29-22)19-15-25-21-12-7-6-11-18(19)21/h3-15,20,23,25-26H,16H2,1-2H3/t20-,23-/m0/s1. The number of nitrogens with zero attached hydrogens (tertiary/aromatic N) is 1. The first-order chi connectivity index (χ1) is 14.1. The zero-order valence-corrected chi connectivity index (χ0v) is 17.4. The molecule has 2 N–H and O–H groups in total. The van der Waals surface area contributed by atoms with E-state index in [0.717, 1.165) is 11.1 Å². The number of hydrogen-bond acceptors (Lipinski definition) is 3. The predicted octanol–water partition coefficient (Wildman–Crippen LogP) is 4.78. The van der Waals surface area contributed by atoms with Crippen LogP contribution in [0.25, 0.3) is 10.9 Å². The number of aromatic amines is 1. The Morgan fingerprint density at radius 2 is 1.79 bits per heavy atom. The van der Waals surface area contributed by atoms with Gasteiger partial charge in [-0.1, -0.05) is 54.6 Å². The Morgan fingerprint density at radius 1 is 1.03 bits per heavy atom. The summed E-state index contributed by atoms with van der Waals surface area (Å²) in [7, 11) is 3.60. The second-order valence-electron chi connectivity index (χ2n) is 7.34. The van der Waals surface area contributed by atoms with Crippen LogP contribution in [0.15, 0.2) is 78.3 Å². The van der Waals surface area contributed by atoms with Gasteiger partial charge in [-0.2, -0.15) is 0 Å². The van der Waals surface area contributed by atoms with Gasteiger partial charge < -0.3 is 15.2 Å². The van der Waals surface area contributed by atoms with Crippen LogP contribution in [0.5, 0.6) is 0 Å². The Hall–Kier alpha value is -2.89. The van der Waals surface area contributed by atoms with Gasteiger partial charge in [-0.3, -0.25) is 4.79 Å². The molecule has 0 unspecified atom stereocenters. The molecule has 0 spiro atoms.